The van der Waals surface area contributed by atoms with Gasteiger partial charge in [-0.2, -0.15) is 0 Å². The van der Waals surface area contributed by atoms with Crippen LogP contribution < -0.4 is 5.73 Å². The Morgan fingerprint density at radius 1 is 1.56 bits per heavy atom. The normalized spacial score (nSPS) is 6.89. The highest BCUT2D eigenvalue weighted by Gasteiger charge is 1.76. The van der Waals surface area contributed by atoms with Crippen molar-refractivity contribution in [2.24, 2.45) is 5.73 Å². The van der Waals surface area contributed by atoms with E-state index in [2.05, 4.69) is 5.73 Å². The van der Waals surface area contributed by atoms with Crippen molar-refractivity contribution >= 4 is 11.9 Å². The molecular weight excluding hydrogens is 122 g/mol. The lowest BCUT2D eigenvalue weighted by Crippen LogP contribution is -2.03. The van der Waals surface area contributed by atoms with Gasteiger partial charge in [0.1, 0.15) is 5.78 Å². The van der Waals surface area contributed by atoms with Gasteiger partial charge in [-0.3, -0.25) is 0 Å². The minimum absolute atomic E-state index is 0.255. The molecule has 0 radical (unpaired) electrons. The Bertz CT molecular complexity index is 96.4. The SMILES string of the molecule is CCC(C)=O.NC(=O)O. The Kier molecular flexibility index (Phi) is 8.36. The topological polar surface area (TPSA) is 80.4 Å². The average Bonchev–Trinajstić information content (AvgIpc) is 1.65. The third kappa shape index (κ3) is 192. The molecule has 1 amide bonds. The number of amides is 1. The summed E-state index contributed by atoms with van der Waals surface area (Å²) < 4.78 is 0. The molecule has 0 aliphatic carbocycles. The van der Waals surface area contributed by atoms with Gasteiger partial charge in [0.15, 0.2) is 0 Å². The quantitative estimate of drug-likeness (QED) is 0.549. The van der Waals surface area contributed by atoms with Crippen LogP contribution in [0.1, 0.15) is 20.3 Å². The van der Waals surface area contributed by atoms with E-state index in [1.54, 1.807) is 6.92 Å². The molecule has 0 bridgehead atoms. The second-order valence-corrected chi connectivity index (χ2v) is 1.39. The van der Waals surface area contributed by atoms with Crippen LogP contribution >= 0.6 is 0 Å². The van der Waals surface area contributed by atoms with Crippen LogP contribution in [0, 0.1) is 0 Å². The van der Waals surface area contributed by atoms with E-state index in [0.29, 0.717) is 6.42 Å². The number of carbonyl (C=O) groups excluding carboxylic acids is 1. The lowest BCUT2D eigenvalue weighted by atomic mass is 10.4. The molecule has 0 rings (SSSR count). The molecule has 0 aromatic heterocycles. The summed E-state index contributed by atoms with van der Waals surface area (Å²) in [5, 5.41) is 7.19. The molecule has 0 fully saturated rings. The van der Waals surface area contributed by atoms with Gasteiger partial charge in [-0.15, -0.1) is 0 Å². The fourth-order valence-corrected chi connectivity index (χ4v) is 0. The summed E-state index contributed by atoms with van der Waals surface area (Å²) in [5.41, 5.74) is 4.03. The highest BCUT2D eigenvalue weighted by Crippen LogP contribution is 1.71. The summed E-state index contributed by atoms with van der Waals surface area (Å²) in [7, 11) is 0. The molecule has 0 aromatic carbocycles. The summed E-state index contributed by atoms with van der Waals surface area (Å²) in [4.78, 5) is 18.6. The predicted molar refractivity (Wildman–Crippen MR) is 33.2 cm³/mol. The maximum atomic E-state index is 9.81. The molecule has 0 aliphatic rings. The van der Waals surface area contributed by atoms with E-state index in [4.69, 9.17) is 9.90 Å². The molecule has 0 saturated heterocycles. The molecule has 0 aliphatic heterocycles. The van der Waals surface area contributed by atoms with E-state index in [1.165, 1.54) is 0 Å². The number of ketones is 1. The van der Waals surface area contributed by atoms with Crippen LogP contribution in [0.15, 0.2) is 0 Å². The summed E-state index contributed by atoms with van der Waals surface area (Å²) in [6.45, 7) is 3.43. The molecule has 4 nitrogen and oxygen atoms in total. The number of hydrogen-bond donors (Lipinski definition) is 2. The number of nitrogens with two attached hydrogens (primary N) is 1. The molecule has 0 unspecified atom stereocenters. The first-order valence-corrected chi connectivity index (χ1v) is 2.48. The first kappa shape index (κ1) is 10.8. The smallest absolute Gasteiger partial charge is 0.402 e. The Balaban J connectivity index is 0. The summed E-state index contributed by atoms with van der Waals surface area (Å²) in [5.74, 6) is 0.255. The lowest BCUT2D eigenvalue weighted by Gasteiger charge is -1.71. The zero-order valence-electron chi connectivity index (χ0n) is 5.55. The van der Waals surface area contributed by atoms with E-state index in [-0.39, 0.29) is 5.78 Å². The monoisotopic (exact) mass is 133 g/mol. The maximum Gasteiger partial charge on any atom is 0.402 e. The molecule has 54 valence electrons. The van der Waals surface area contributed by atoms with Crippen molar-refractivity contribution in [3.63, 3.8) is 0 Å². The molecule has 0 saturated carbocycles. The minimum atomic E-state index is -1.33. The standard InChI is InChI=1S/C4H8O.CH3NO2/c1-3-4(2)5;2-1(3)4/h3H2,1-2H3;2H2,(H,3,4). The summed E-state index contributed by atoms with van der Waals surface area (Å²) in [6, 6.07) is 0. The van der Waals surface area contributed by atoms with Gasteiger partial charge in [0.25, 0.3) is 0 Å². The first-order valence-electron chi connectivity index (χ1n) is 2.48. The average molecular weight is 133 g/mol. The van der Waals surface area contributed by atoms with Crippen molar-refractivity contribution in [2.45, 2.75) is 20.3 Å². The van der Waals surface area contributed by atoms with Gasteiger partial charge in [-0.1, -0.05) is 6.92 Å². The van der Waals surface area contributed by atoms with Gasteiger partial charge in [0.2, 0.25) is 0 Å². The van der Waals surface area contributed by atoms with Crippen LogP contribution in [-0.2, 0) is 4.79 Å². The predicted octanol–water partition coefficient (Wildman–Crippen LogP) is 0.609. The Morgan fingerprint density at radius 3 is 1.67 bits per heavy atom. The van der Waals surface area contributed by atoms with Crippen LogP contribution in [0.2, 0.25) is 0 Å². The van der Waals surface area contributed by atoms with E-state index in [0.717, 1.165) is 0 Å². The van der Waals surface area contributed by atoms with E-state index < -0.39 is 6.09 Å². The molecule has 3 N–H and O–H groups in total. The van der Waals surface area contributed by atoms with Crippen molar-refractivity contribution in [2.75, 3.05) is 0 Å². The van der Waals surface area contributed by atoms with Gasteiger partial charge >= 0.3 is 6.09 Å². The fraction of sp³-hybridized carbons (Fsp3) is 0.600. The van der Waals surface area contributed by atoms with Crippen LogP contribution in [0.3, 0.4) is 0 Å². The van der Waals surface area contributed by atoms with Crippen molar-refractivity contribution in [1.82, 2.24) is 0 Å². The zero-order chi connectivity index (χ0) is 7.86. The number of carbonyl (C=O) groups is 2. The maximum absolute atomic E-state index is 9.81. The summed E-state index contributed by atoms with van der Waals surface area (Å²) in [6.07, 6.45) is -0.667. The van der Waals surface area contributed by atoms with Crippen molar-refractivity contribution in [3.05, 3.63) is 0 Å². The lowest BCUT2D eigenvalue weighted by molar-refractivity contribution is -0.116. The molecule has 4 heteroatoms. The molecule has 0 atom stereocenters. The molecule has 0 spiro atoms. The molecule has 0 aromatic rings. The summed E-state index contributed by atoms with van der Waals surface area (Å²) >= 11 is 0. The van der Waals surface area contributed by atoms with Crippen LogP contribution in [0.25, 0.3) is 0 Å². The van der Waals surface area contributed by atoms with Gasteiger partial charge in [0.05, 0.1) is 0 Å². The number of Topliss-reactive ketones (excluding diaryl/α,β-unsaturated/α-hetero) is 1. The van der Waals surface area contributed by atoms with Crippen LogP contribution in [0.5, 0.6) is 0 Å². The highest BCUT2D eigenvalue weighted by molar-refractivity contribution is 5.74. The van der Waals surface area contributed by atoms with Gasteiger partial charge < -0.3 is 15.6 Å². The first-order chi connectivity index (χ1) is 4.00. The van der Waals surface area contributed by atoms with Gasteiger partial charge in [-0.05, 0) is 6.92 Å². The van der Waals surface area contributed by atoms with E-state index in [9.17, 15) is 4.79 Å². The van der Waals surface area contributed by atoms with Crippen molar-refractivity contribution in [1.29, 1.82) is 0 Å². The van der Waals surface area contributed by atoms with Crippen molar-refractivity contribution < 1.29 is 14.7 Å². The Hall–Kier alpha value is -1.06. The minimum Gasteiger partial charge on any atom is -0.465 e. The number of carboxylic acid groups (broad SMARTS) is 1. The second kappa shape index (κ2) is 6.94. The number of primary amides is 1. The van der Waals surface area contributed by atoms with E-state index in [1.807, 2.05) is 6.92 Å². The van der Waals surface area contributed by atoms with Gasteiger partial charge in [0, 0.05) is 6.42 Å². The molecular formula is C5H11NO3. The third-order valence-corrected chi connectivity index (χ3v) is 0.498. The van der Waals surface area contributed by atoms with E-state index >= 15 is 0 Å². The number of hydrogen-bond acceptors (Lipinski definition) is 2. The molecule has 9 heavy (non-hydrogen) atoms. The Morgan fingerprint density at radius 2 is 1.67 bits per heavy atom. The molecule has 0 heterocycles. The second-order valence-electron chi connectivity index (χ2n) is 1.39. The largest absolute Gasteiger partial charge is 0.465 e. The van der Waals surface area contributed by atoms with Crippen LogP contribution in [-0.4, -0.2) is 17.0 Å². The van der Waals surface area contributed by atoms with Gasteiger partial charge in [-0.25, -0.2) is 4.79 Å². The Labute approximate surface area is 53.7 Å². The zero-order valence-corrected chi connectivity index (χ0v) is 5.55. The fourth-order valence-electron chi connectivity index (χ4n) is 0. The van der Waals surface area contributed by atoms with Crippen LogP contribution in [0.4, 0.5) is 4.79 Å². The highest BCUT2D eigenvalue weighted by atomic mass is 16.4. The third-order valence-electron chi connectivity index (χ3n) is 0.498. The number of rotatable bonds is 1. The van der Waals surface area contributed by atoms with Crippen molar-refractivity contribution in [3.8, 4) is 0 Å².